The van der Waals surface area contributed by atoms with Gasteiger partial charge in [-0.15, -0.1) is 0 Å². The van der Waals surface area contributed by atoms with Crippen LogP contribution in [-0.4, -0.2) is 13.1 Å². The van der Waals surface area contributed by atoms with E-state index in [-0.39, 0.29) is 12.4 Å². The molecule has 0 unspecified atom stereocenters. The predicted molar refractivity (Wildman–Crippen MR) is 59.6 cm³/mol. The maximum absolute atomic E-state index is 11.1. The molecule has 14 heavy (non-hydrogen) atoms. The van der Waals surface area contributed by atoms with Crippen molar-refractivity contribution in [3.05, 3.63) is 32.8 Å². The fourth-order valence-electron chi connectivity index (χ4n) is 1.17. The summed E-state index contributed by atoms with van der Waals surface area (Å²) in [6, 6.07) is 3.59. The Balaban J connectivity index is 3.02. The average molecular weight is 278 g/mol. The normalized spacial score (nSPS) is 10.0. The monoisotopic (exact) mass is 276 g/mol. The minimum Gasteiger partial charge on any atom is -0.469 e. The lowest BCUT2D eigenvalue weighted by molar-refractivity contribution is -0.139. The zero-order valence-electron chi connectivity index (χ0n) is 7.93. The molecule has 0 saturated heterocycles. The van der Waals surface area contributed by atoms with Crippen LogP contribution in [0.1, 0.15) is 11.1 Å². The summed E-state index contributed by atoms with van der Waals surface area (Å²) in [5, 5.41) is 0.656. The summed E-state index contributed by atoms with van der Waals surface area (Å²) in [6.45, 7) is 1.91. The zero-order valence-corrected chi connectivity index (χ0v) is 10.3. The number of halogens is 2. The van der Waals surface area contributed by atoms with E-state index in [9.17, 15) is 4.79 Å². The summed E-state index contributed by atoms with van der Waals surface area (Å²) in [6.07, 6.45) is 0.264. The first kappa shape index (κ1) is 11.5. The molecule has 0 saturated carbocycles. The Labute approximate surface area is 96.3 Å². The molecule has 0 fully saturated rings. The largest absolute Gasteiger partial charge is 0.469 e. The van der Waals surface area contributed by atoms with Crippen LogP contribution in [0.25, 0.3) is 0 Å². The second-order valence-electron chi connectivity index (χ2n) is 2.94. The maximum atomic E-state index is 11.1. The fourth-order valence-corrected chi connectivity index (χ4v) is 2.28. The molecule has 0 aliphatic heterocycles. The smallest absolute Gasteiger partial charge is 0.310 e. The molecular formula is C10H10BrClO2. The zero-order chi connectivity index (χ0) is 10.7. The Morgan fingerprint density at radius 3 is 2.71 bits per heavy atom. The number of methoxy groups -OCH3 is 1. The number of hydrogen-bond donors (Lipinski definition) is 0. The molecule has 0 amide bonds. The third-order valence-electron chi connectivity index (χ3n) is 1.93. The van der Waals surface area contributed by atoms with E-state index in [0.717, 1.165) is 15.6 Å². The van der Waals surface area contributed by atoms with Crippen LogP contribution in [0, 0.1) is 6.92 Å². The molecule has 0 spiro atoms. The molecule has 0 aromatic heterocycles. The second-order valence-corrected chi connectivity index (χ2v) is 4.23. The van der Waals surface area contributed by atoms with E-state index in [1.165, 1.54) is 7.11 Å². The molecule has 0 aliphatic rings. The molecule has 1 aromatic rings. The van der Waals surface area contributed by atoms with Gasteiger partial charge in [0.15, 0.2) is 0 Å². The van der Waals surface area contributed by atoms with E-state index in [1.807, 2.05) is 13.0 Å². The molecule has 0 bridgehead atoms. The number of rotatable bonds is 2. The van der Waals surface area contributed by atoms with Gasteiger partial charge in [-0.1, -0.05) is 27.5 Å². The minimum absolute atomic E-state index is 0.254. The Morgan fingerprint density at radius 1 is 1.57 bits per heavy atom. The third-order valence-corrected chi connectivity index (χ3v) is 2.86. The molecule has 4 heteroatoms. The highest BCUT2D eigenvalue weighted by atomic mass is 79.9. The lowest BCUT2D eigenvalue weighted by atomic mass is 10.1. The highest BCUT2D eigenvalue weighted by molar-refractivity contribution is 9.10. The van der Waals surface area contributed by atoms with Gasteiger partial charge in [0.1, 0.15) is 0 Å². The number of benzene rings is 1. The first-order valence-electron chi connectivity index (χ1n) is 4.06. The van der Waals surface area contributed by atoms with Gasteiger partial charge in [0.25, 0.3) is 0 Å². The number of carbonyl (C=O) groups is 1. The summed E-state index contributed by atoms with van der Waals surface area (Å²) in [4.78, 5) is 11.1. The first-order valence-corrected chi connectivity index (χ1v) is 5.23. The summed E-state index contributed by atoms with van der Waals surface area (Å²) < 4.78 is 5.44. The summed E-state index contributed by atoms with van der Waals surface area (Å²) in [5.74, 6) is -0.254. The van der Waals surface area contributed by atoms with Gasteiger partial charge in [-0.3, -0.25) is 4.79 Å². The Bertz CT molecular complexity index is 340. The van der Waals surface area contributed by atoms with Crippen LogP contribution in [0.3, 0.4) is 0 Å². The third kappa shape index (κ3) is 2.72. The highest BCUT2D eigenvalue weighted by Gasteiger charge is 2.10. The van der Waals surface area contributed by atoms with Crippen molar-refractivity contribution in [3.8, 4) is 0 Å². The van der Waals surface area contributed by atoms with E-state index in [0.29, 0.717) is 5.02 Å². The van der Waals surface area contributed by atoms with Crippen molar-refractivity contribution in [3.63, 3.8) is 0 Å². The summed E-state index contributed by atoms with van der Waals surface area (Å²) in [5.41, 5.74) is 1.90. The lowest BCUT2D eigenvalue weighted by Crippen LogP contribution is -2.06. The molecule has 0 atom stereocenters. The number of aryl methyl sites for hydroxylation is 1. The van der Waals surface area contributed by atoms with Crippen molar-refractivity contribution >= 4 is 33.5 Å². The van der Waals surface area contributed by atoms with E-state index in [2.05, 4.69) is 20.7 Å². The van der Waals surface area contributed by atoms with E-state index < -0.39 is 0 Å². The predicted octanol–water partition coefficient (Wildman–Crippen LogP) is 3.13. The second kappa shape index (κ2) is 4.80. The van der Waals surface area contributed by atoms with Gasteiger partial charge in [-0.25, -0.2) is 0 Å². The van der Waals surface area contributed by atoms with Gasteiger partial charge in [0.05, 0.1) is 13.5 Å². The molecule has 0 radical (unpaired) electrons. The Morgan fingerprint density at radius 2 is 2.21 bits per heavy atom. The molecule has 0 heterocycles. The molecule has 1 aromatic carbocycles. The van der Waals surface area contributed by atoms with Crippen molar-refractivity contribution in [2.24, 2.45) is 0 Å². The topological polar surface area (TPSA) is 26.3 Å². The standard InChI is InChI=1S/C10H10BrClO2/c1-6-3-7(12)4-9(11)8(6)5-10(13)14-2/h3-4H,5H2,1-2H3. The van der Waals surface area contributed by atoms with Crippen molar-refractivity contribution < 1.29 is 9.53 Å². The van der Waals surface area contributed by atoms with Crippen LogP contribution in [0.5, 0.6) is 0 Å². The number of carbonyl (C=O) groups excluding carboxylic acids is 1. The van der Waals surface area contributed by atoms with Crippen molar-refractivity contribution in [1.29, 1.82) is 0 Å². The molecule has 1 rings (SSSR count). The van der Waals surface area contributed by atoms with E-state index in [4.69, 9.17) is 11.6 Å². The quantitative estimate of drug-likeness (QED) is 0.776. The number of esters is 1. The Hall–Kier alpha value is -0.540. The van der Waals surface area contributed by atoms with Crippen LogP contribution in [-0.2, 0) is 16.0 Å². The highest BCUT2D eigenvalue weighted by Crippen LogP contribution is 2.25. The fraction of sp³-hybridized carbons (Fsp3) is 0.300. The van der Waals surface area contributed by atoms with Crippen LogP contribution < -0.4 is 0 Å². The van der Waals surface area contributed by atoms with Crippen molar-refractivity contribution in [2.75, 3.05) is 7.11 Å². The lowest BCUT2D eigenvalue weighted by Gasteiger charge is -2.07. The van der Waals surface area contributed by atoms with Gasteiger partial charge in [0, 0.05) is 9.50 Å². The Kier molecular flexibility index (Phi) is 3.96. The van der Waals surface area contributed by atoms with Crippen molar-refractivity contribution in [2.45, 2.75) is 13.3 Å². The molecule has 76 valence electrons. The van der Waals surface area contributed by atoms with Crippen molar-refractivity contribution in [1.82, 2.24) is 0 Å². The van der Waals surface area contributed by atoms with Gasteiger partial charge >= 0.3 is 5.97 Å². The van der Waals surface area contributed by atoms with Crippen LogP contribution >= 0.6 is 27.5 Å². The maximum Gasteiger partial charge on any atom is 0.310 e. The summed E-state index contributed by atoms with van der Waals surface area (Å²) in [7, 11) is 1.38. The average Bonchev–Trinajstić information content (AvgIpc) is 2.10. The minimum atomic E-state index is -0.254. The first-order chi connectivity index (χ1) is 6.54. The molecule has 0 N–H and O–H groups in total. The molecule has 0 aliphatic carbocycles. The van der Waals surface area contributed by atoms with Crippen LogP contribution in [0.2, 0.25) is 5.02 Å². The van der Waals surface area contributed by atoms with Gasteiger partial charge in [-0.2, -0.15) is 0 Å². The van der Waals surface area contributed by atoms with Crippen LogP contribution in [0.4, 0.5) is 0 Å². The SMILES string of the molecule is COC(=O)Cc1c(C)cc(Cl)cc1Br. The molecule has 2 nitrogen and oxygen atoms in total. The summed E-state index contributed by atoms with van der Waals surface area (Å²) >= 11 is 9.21. The van der Waals surface area contributed by atoms with Gasteiger partial charge in [0.2, 0.25) is 0 Å². The van der Waals surface area contributed by atoms with E-state index >= 15 is 0 Å². The molecular weight excluding hydrogens is 267 g/mol. The van der Waals surface area contributed by atoms with Crippen LogP contribution in [0.15, 0.2) is 16.6 Å². The van der Waals surface area contributed by atoms with Gasteiger partial charge in [-0.05, 0) is 30.2 Å². The van der Waals surface area contributed by atoms with E-state index in [1.54, 1.807) is 6.07 Å². The number of ether oxygens (including phenoxy) is 1. The van der Waals surface area contributed by atoms with Gasteiger partial charge < -0.3 is 4.74 Å². The number of hydrogen-bond acceptors (Lipinski definition) is 2.